The molecule has 1 fully saturated rings. The third-order valence-corrected chi connectivity index (χ3v) is 5.04. The number of carbonyl (C=O) groups is 2. The van der Waals surface area contributed by atoms with E-state index in [2.05, 4.69) is 10.3 Å². The fourth-order valence-corrected chi connectivity index (χ4v) is 3.60. The van der Waals surface area contributed by atoms with Gasteiger partial charge in [0.2, 0.25) is 5.91 Å². The second-order valence-electron chi connectivity index (χ2n) is 6.24. The normalized spacial score (nSPS) is 15.4. The van der Waals surface area contributed by atoms with Gasteiger partial charge in [0.25, 0.3) is 5.91 Å². The van der Waals surface area contributed by atoms with Crippen LogP contribution >= 0.6 is 11.3 Å². The summed E-state index contributed by atoms with van der Waals surface area (Å²) in [6.45, 7) is 8.40. The molecule has 25 heavy (non-hydrogen) atoms. The van der Waals surface area contributed by atoms with Crippen molar-refractivity contribution in [1.29, 1.82) is 0 Å². The number of piperazine rings is 1. The molecule has 0 unspecified atom stereocenters. The molecular formula is C17H22N4O3S. The van der Waals surface area contributed by atoms with Crippen LogP contribution in [0.25, 0.3) is 0 Å². The van der Waals surface area contributed by atoms with Crippen LogP contribution in [0.3, 0.4) is 0 Å². The van der Waals surface area contributed by atoms with Gasteiger partial charge in [0, 0.05) is 31.6 Å². The molecule has 1 aliphatic heterocycles. The molecule has 0 aliphatic carbocycles. The lowest BCUT2D eigenvalue weighted by Crippen LogP contribution is -2.50. The molecule has 0 atom stereocenters. The highest BCUT2D eigenvalue weighted by Crippen LogP contribution is 2.17. The minimum Gasteiger partial charge on any atom is -0.466 e. The number of aryl methyl sites for hydroxylation is 3. The SMILES string of the molecule is Cc1csc(NC(=O)CN2CCN(C(=O)c3cc(C)oc3C)CC2)n1. The van der Waals surface area contributed by atoms with Crippen LogP contribution in [0.5, 0.6) is 0 Å². The third-order valence-electron chi connectivity index (χ3n) is 4.16. The molecule has 1 saturated heterocycles. The molecule has 3 rings (SSSR count). The summed E-state index contributed by atoms with van der Waals surface area (Å²) in [5.41, 5.74) is 1.53. The maximum absolute atomic E-state index is 12.6. The summed E-state index contributed by atoms with van der Waals surface area (Å²) in [5, 5.41) is 5.34. The molecule has 0 saturated carbocycles. The Bertz CT molecular complexity index is 775. The summed E-state index contributed by atoms with van der Waals surface area (Å²) in [6, 6.07) is 1.79. The van der Waals surface area contributed by atoms with Crippen LogP contribution in [0.1, 0.15) is 27.6 Å². The van der Waals surface area contributed by atoms with Crippen LogP contribution in [0.15, 0.2) is 15.9 Å². The van der Waals surface area contributed by atoms with Crippen molar-refractivity contribution < 1.29 is 14.0 Å². The third kappa shape index (κ3) is 4.26. The molecule has 3 heterocycles. The van der Waals surface area contributed by atoms with Crippen molar-refractivity contribution in [2.45, 2.75) is 20.8 Å². The first kappa shape index (κ1) is 17.6. The molecule has 2 amide bonds. The highest BCUT2D eigenvalue weighted by molar-refractivity contribution is 7.13. The second kappa shape index (κ2) is 7.37. The number of anilines is 1. The Hall–Kier alpha value is -2.19. The molecule has 2 aromatic heterocycles. The van der Waals surface area contributed by atoms with Gasteiger partial charge in [-0.2, -0.15) is 0 Å². The molecule has 0 aromatic carbocycles. The minimum atomic E-state index is -0.0737. The van der Waals surface area contributed by atoms with Gasteiger partial charge >= 0.3 is 0 Å². The van der Waals surface area contributed by atoms with E-state index in [-0.39, 0.29) is 11.8 Å². The average molecular weight is 362 g/mol. The largest absolute Gasteiger partial charge is 0.466 e. The Labute approximate surface area is 150 Å². The number of amides is 2. The molecule has 1 N–H and O–H groups in total. The van der Waals surface area contributed by atoms with Crippen LogP contribution in [-0.2, 0) is 4.79 Å². The number of nitrogens with one attached hydrogen (secondary N) is 1. The molecule has 2 aromatic rings. The molecule has 0 bridgehead atoms. The number of aromatic nitrogens is 1. The zero-order valence-corrected chi connectivity index (χ0v) is 15.5. The van der Waals surface area contributed by atoms with E-state index < -0.39 is 0 Å². The molecule has 8 heteroatoms. The topological polar surface area (TPSA) is 78.7 Å². The number of nitrogens with zero attached hydrogens (tertiary/aromatic N) is 3. The van der Waals surface area contributed by atoms with Crippen molar-refractivity contribution in [1.82, 2.24) is 14.8 Å². The minimum absolute atomic E-state index is 0.00304. The van der Waals surface area contributed by atoms with Crippen LogP contribution in [-0.4, -0.2) is 59.3 Å². The fourth-order valence-electron chi connectivity index (χ4n) is 2.90. The van der Waals surface area contributed by atoms with Gasteiger partial charge in [-0.3, -0.25) is 14.5 Å². The van der Waals surface area contributed by atoms with Crippen LogP contribution in [0, 0.1) is 20.8 Å². The lowest BCUT2D eigenvalue weighted by atomic mass is 10.2. The van der Waals surface area contributed by atoms with Gasteiger partial charge in [0.15, 0.2) is 5.13 Å². The maximum atomic E-state index is 12.6. The molecule has 134 valence electrons. The van der Waals surface area contributed by atoms with E-state index in [4.69, 9.17) is 4.42 Å². The van der Waals surface area contributed by atoms with E-state index >= 15 is 0 Å². The highest BCUT2D eigenvalue weighted by atomic mass is 32.1. The van der Waals surface area contributed by atoms with Crippen LogP contribution < -0.4 is 5.32 Å². The predicted molar refractivity (Wildman–Crippen MR) is 96.0 cm³/mol. The van der Waals surface area contributed by atoms with Crippen molar-refractivity contribution in [2.75, 3.05) is 38.0 Å². The zero-order valence-electron chi connectivity index (χ0n) is 14.7. The van der Waals surface area contributed by atoms with Crippen molar-refractivity contribution in [3.05, 3.63) is 34.2 Å². The first-order valence-electron chi connectivity index (χ1n) is 8.23. The van der Waals surface area contributed by atoms with E-state index in [1.54, 1.807) is 13.0 Å². The summed E-state index contributed by atoms with van der Waals surface area (Å²) in [7, 11) is 0. The van der Waals surface area contributed by atoms with Crippen LogP contribution in [0.4, 0.5) is 5.13 Å². The van der Waals surface area contributed by atoms with Crippen LogP contribution in [0.2, 0.25) is 0 Å². The number of hydrogen-bond donors (Lipinski definition) is 1. The summed E-state index contributed by atoms with van der Waals surface area (Å²) in [5.74, 6) is 1.32. The van der Waals surface area contributed by atoms with E-state index in [1.165, 1.54) is 11.3 Å². The smallest absolute Gasteiger partial charge is 0.257 e. The first-order chi connectivity index (χ1) is 11.9. The molecule has 0 radical (unpaired) electrons. The van der Waals surface area contributed by atoms with Crippen molar-refractivity contribution in [3.8, 4) is 0 Å². The zero-order chi connectivity index (χ0) is 18.0. The number of carbonyl (C=O) groups excluding carboxylic acids is 2. The lowest BCUT2D eigenvalue weighted by Gasteiger charge is -2.34. The standard InChI is InChI=1S/C17H22N4O3S/c1-11-10-25-17(18-11)19-15(22)9-20-4-6-21(7-5-20)16(23)14-8-12(2)24-13(14)3/h8,10H,4-7,9H2,1-3H3,(H,18,19,22). The van der Waals surface area contributed by atoms with E-state index in [1.807, 2.05) is 29.0 Å². The average Bonchev–Trinajstić information content (AvgIpc) is 3.12. The summed E-state index contributed by atoms with van der Waals surface area (Å²) < 4.78 is 5.44. The van der Waals surface area contributed by atoms with Gasteiger partial charge in [-0.25, -0.2) is 4.98 Å². The number of furan rings is 1. The monoisotopic (exact) mass is 362 g/mol. The Kier molecular flexibility index (Phi) is 5.19. The summed E-state index contributed by atoms with van der Waals surface area (Å²) >= 11 is 1.42. The Morgan fingerprint density at radius 2 is 1.96 bits per heavy atom. The van der Waals surface area contributed by atoms with Gasteiger partial charge in [-0.05, 0) is 26.8 Å². The molecule has 1 aliphatic rings. The molecule has 0 spiro atoms. The van der Waals surface area contributed by atoms with Crippen molar-refractivity contribution >= 4 is 28.3 Å². The van der Waals surface area contributed by atoms with Gasteiger partial charge in [-0.1, -0.05) is 0 Å². The lowest BCUT2D eigenvalue weighted by molar-refractivity contribution is -0.117. The number of hydrogen-bond acceptors (Lipinski definition) is 6. The Morgan fingerprint density at radius 3 is 2.52 bits per heavy atom. The van der Waals surface area contributed by atoms with E-state index in [0.29, 0.717) is 49.2 Å². The van der Waals surface area contributed by atoms with Crippen molar-refractivity contribution in [3.63, 3.8) is 0 Å². The Morgan fingerprint density at radius 1 is 1.24 bits per heavy atom. The molecule has 7 nitrogen and oxygen atoms in total. The van der Waals surface area contributed by atoms with E-state index in [0.717, 1.165) is 11.5 Å². The summed E-state index contributed by atoms with van der Waals surface area (Å²) in [6.07, 6.45) is 0. The van der Waals surface area contributed by atoms with Gasteiger partial charge in [-0.15, -0.1) is 11.3 Å². The van der Waals surface area contributed by atoms with Gasteiger partial charge in [0.05, 0.1) is 17.8 Å². The second-order valence-corrected chi connectivity index (χ2v) is 7.10. The Balaban J connectivity index is 1.49. The number of thiazole rings is 1. The quantitative estimate of drug-likeness (QED) is 0.901. The number of rotatable bonds is 4. The molecular weight excluding hydrogens is 340 g/mol. The highest BCUT2D eigenvalue weighted by Gasteiger charge is 2.25. The first-order valence-corrected chi connectivity index (χ1v) is 9.11. The maximum Gasteiger partial charge on any atom is 0.257 e. The van der Waals surface area contributed by atoms with Gasteiger partial charge < -0.3 is 14.6 Å². The van der Waals surface area contributed by atoms with E-state index in [9.17, 15) is 9.59 Å². The fraction of sp³-hybridized carbons (Fsp3) is 0.471. The predicted octanol–water partition coefficient (Wildman–Crippen LogP) is 2.06. The van der Waals surface area contributed by atoms with Crippen molar-refractivity contribution in [2.24, 2.45) is 0 Å². The summed E-state index contributed by atoms with van der Waals surface area (Å²) in [4.78, 5) is 32.8. The van der Waals surface area contributed by atoms with Gasteiger partial charge in [0.1, 0.15) is 11.5 Å².